The maximum Gasteiger partial charge on any atom is 0.317 e. The Balaban J connectivity index is 1.28. The van der Waals surface area contributed by atoms with Crippen molar-refractivity contribution in [3.8, 4) is 0 Å². The largest absolute Gasteiger partial charge is 0.334 e. The summed E-state index contributed by atoms with van der Waals surface area (Å²) in [5.41, 5.74) is 1.11. The van der Waals surface area contributed by atoms with Crippen molar-refractivity contribution >= 4 is 16.1 Å². The molecular weight excluding hydrogens is 458 g/mol. The molecule has 0 heterocycles. The Morgan fingerprint density at radius 2 is 1.40 bits per heavy atom. The average molecular weight is 498 g/mol. The topological polar surface area (TPSA) is 78.5 Å². The van der Waals surface area contributed by atoms with Crippen molar-refractivity contribution in [2.45, 2.75) is 75.3 Å². The van der Waals surface area contributed by atoms with Crippen LogP contribution in [0.5, 0.6) is 0 Å². The van der Waals surface area contributed by atoms with Crippen LogP contribution >= 0.6 is 0 Å². The van der Waals surface area contributed by atoms with Gasteiger partial charge >= 0.3 is 6.03 Å². The third kappa shape index (κ3) is 7.55. The quantitative estimate of drug-likeness (QED) is 0.492. The number of benzene rings is 2. The molecule has 2 saturated carbocycles. The summed E-state index contributed by atoms with van der Waals surface area (Å²) in [5.74, 6) is 0.821. The number of rotatable bonds is 9. The van der Waals surface area contributed by atoms with Crippen LogP contribution in [-0.4, -0.2) is 38.5 Å². The van der Waals surface area contributed by atoms with Gasteiger partial charge in [-0.15, -0.1) is 0 Å². The number of hydrogen-bond donors (Lipinski definition) is 2. The van der Waals surface area contributed by atoms with Gasteiger partial charge in [0.2, 0.25) is 10.0 Å². The molecule has 2 amide bonds. The maximum absolute atomic E-state index is 13.2. The van der Waals surface area contributed by atoms with Gasteiger partial charge in [-0.1, -0.05) is 67.8 Å². The van der Waals surface area contributed by atoms with E-state index in [0.717, 1.165) is 50.6 Å². The van der Waals surface area contributed by atoms with Crippen molar-refractivity contribution < 1.29 is 13.2 Å². The number of nitrogens with zero attached hydrogens (tertiary/aromatic N) is 1. The molecule has 7 heteroatoms. The molecule has 0 radical (unpaired) electrons. The van der Waals surface area contributed by atoms with E-state index in [0.29, 0.717) is 35.9 Å². The highest BCUT2D eigenvalue weighted by Crippen LogP contribution is 2.31. The highest BCUT2D eigenvalue weighted by atomic mass is 32.2. The molecule has 0 aromatic heterocycles. The standard InChI is InChI=1S/C28H39N3O3S/c32-28(29-20-23-10-4-1-5-11-23)31(26-12-6-2-7-13-26)22-25-18-16-24(17-19-25)21-30-35(33,34)27-14-8-3-9-15-27/h1,3-5,8-11,14-15,24-26,30H,2,6-7,12-13,16-22H2,(H,29,32). The summed E-state index contributed by atoms with van der Waals surface area (Å²) in [6.07, 6.45) is 9.89. The van der Waals surface area contributed by atoms with Gasteiger partial charge in [0.25, 0.3) is 0 Å². The molecule has 0 bridgehead atoms. The molecule has 4 rings (SSSR count). The molecule has 190 valence electrons. The molecular formula is C28H39N3O3S. The highest BCUT2D eigenvalue weighted by Gasteiger charge is 2.30. The van der Waals surface area contributed by atoms with Crippen LogP contribution in [0, 0.1) is 11.8 Å². The first-order valence-corrected chi connectivity index (χ1v) is 14.6. The predicted octanol–water partition coefficient (Wildman–Crippen LogP) is 5.32. The molecule has 2 aliphatic rings. The zero-order valence-corrected chi connectivity index (χ0v) is 21.4. The van der Waals surface area contributed by atoms with E-state index >= 15 is 0 Å². The summed E-state index contributed by atoms with van der Waals surface area (Å²) < 4.78 is 27.9. The van der Waals surface area contributed by atoms with Crippen LogP contribution < -0.4 is 10.0 Å². The normalized spacial score (nSPS) is 21.4. The van der Waals surface area contributed by atoms with E-state index in [9.17, 15) is 13.2 Å². The maximum atomic E-state index is 13.2. The van der Waals surface area contributed by atoms with Gasteiger partial charge in [0.05, 0.1) is 4.90 Å². The monoisotopic (exact) mass is 497 g/mol. The second-order valence-electron chi connectivity index (χ2n) is 10.1. The number of sulfonamides is 1. The summed E-state index contributed by atoms with van der Waals surface area (Å²) in [5, 5.41) is 3.16. The SMILES string of the molecule is O=C(NCc1ccccc1)N(CC1CCC(CNS(=O)(=O)c2ccccc2)CC1)C1CCCCC1. The van der Waals surface area contributed by atoms with Crippen molar-refractivity contribution in [2.24, 2.45) is 11.8 Å². The van der Waals surface area contributed by atoms with Crippen molar-refractivity contribution in [1.82, 2.24) is 14.9 Å². The van der Waals surface area contributed by atoms with E-state index in [2.05, 4.69) is 14.9 Å². The first-order valence-electron chi connectivity index (χ1n) is 13.1. The summed E-state index contributed by atoms with van der Waals surface area (Å²) in [6.45, 7) is 1.83. The minimum atomic E-state index is -3.46. The number of hydrogen-bond acceptors (Lipinski definition) is 3. The lowest BCUT2D eigenvalue weighted by Crippen LogP contribution is -2.49. The number of amides is 2. The van der Waals surface area contributed by atoms with E-state index in [-0.39, 0.29) is 6.03 Å². The van der Waals surface area contributed by atoms with Gasteiger partial charge in [-0.25, -0.2) is 17.9 Å². The minimum Gasteiger partial charge on any atom is -0.334 e. The van der Waals surface area contributed by atoms with Crippen molar-refractivity contribution in [3.63, 3.8) is 0 Å². The van der Waals surface area contributed by atoms with Crippen molar-refractivity contribution in [3.05, 3.63) is 66.2 Å². The van der Waals surface area contributed by atoms with Crippen LogP contribution in [0.3, 0.4) is 0 Å². The molecule has 0 spiro atoms. The number of nitrogens with one attached hydrogen (secondary N) is 2. The third-order valence-electron chi connectivity index (χ3n) is 7.60. The first kappa shape index (κ1) is 25.7. The molecule has 35 heavy (non-hydrogen) atoms. The number of carbonyl (C=O) groups is 1. The van der Waals surface area contributed by atoms with Crippen molar-refractivity contribution in [1.29, 1.82) is 0 Å². The Kier molecular flexibility index (Phi) is 9.21. The van der Waals surface area contributed by atoms with Crippen LogP contribution in [0.2, 0.25) is 0 Å². The predicted molar refractivity (Wildman–Crippen MR) is 139 cm³/mol. The molecule has 2 aromatic carbocycles. The molecule has 0 aliphatic heterocycles. The molecule has 2 aliphatic carbocycles. The smallest absolute Gasteiger partial charge is 0.317 e. The van der Waals surface area contributed by atoms with E-state index < -0.39 is 10.0 Å². The molecule has 0 unspecified atom stereocenters. The Bertz CT molecular complexity index is 1020. The summed E-state index contributed by atoms with van der Waals surface area (Å²) in [4.78, 5) is 15.7. The van der Waals surface area contributed by atoms with Gasteiger partial charge < -0.3 is 10.2 Å². The fraction of sp³-hybridized carbons (Fsp3) is 0.536. The molecule has 2 N–H and O–H groups in total. The summed E-state index contributed by atoms with van der Waals surface area (Å²) >= 11 is 0. The van der Waals surface area contributed by atoms with Crippen LogP contribution in [0.15, 0.2) is 65.6 Å². The Morgan fingerprint density at radius 1 is 0.800 bits per heavy atom. The Labute approximate surface area is 210 Å². The fourth-order valence-corrected chi connectivity index (χ4v) is 6.61. The average Bonchev–Trinajstić information content (AvgIpc) is 2.91. The lowest BCUT2D eigenvalue weighted by Gasteiger charge is -2.38. The highest BCUT2D eigenvalue weighted by molar-refractivity contribution is 7.89. The minimum absolute atomic E-state index is 0.0542. The Morgan fingerprint density at radius 3 is 2.06 bits per heavy atom. The van der Waals surface area contributed by atoms with Gasteiger partial charge in [0, 0.05) is 25.7 Å². The van der Waals surface area contributed by atoms with E-state index in [1.807, 2.05) is 36.4 Å². The number of urea groups is 1. The van der Waals surface area contributed by atoms with E-state index in [1.165, 1.54) is 19.3 Å². The molecule has 0 saturated heterocycles. The lowest BCUT2D eigenvalue weighted by atomic mass is 9.81. The van der Waals surface area contributed by atoms with Crippen LogP contribution in [0.4, 0.5) is 4.79 Å². The molecule has 2 aromatic rings. The summed E-state index contributed by atoms with van der Waals surface area (Å²) in [6, 6.07) is 19.0. The van der Waals surface area contributed by atoms with Crippen LogP contribution in [0.1, 0.15) is 63.4 Å². The van der Waals surface area contributed by atoms with Gasteiger partial charge in [0.15, 0.2) is 0 Å². The summed E-state index contributed by atoms with van der Waals surface area (Å²) in [7, 11) is -3.46. The zero-order valence-electron chi connectivity index (χ0n) is 20.6. The second-order valence-corrected chi connectivity index (χ2v) is 11.9. The second kappa shape index (κ2) is 12.5. The van der Waals surface area contributed by atoms with E-state index in [4.69, 9.17) is 0 Å². The molecule has 0 atom stereocenters. The van der Waals surface area contributed by atoms with Crippen LogP contribution in [0.25, 0.3) is 0 Å². The molecule has 2 fully saturated rings. The molecule has 6 nitrogen and oxygen atoms in total. The van der Waals surface area contributed by atoms with Gasteiger partial charge in [-0.05, 0) is 68.1 Å². The van der Waals surface area contributed by atoms with Gasteiger partial charge in [-0.2, -0.15) is 0 Å². The lowest BCUT2D eigenvalue weighted by molar-refractivity contribution is 0.127. The number of carbonyl (C=O) groups excluding carboxylic acids is 1. The Hall–Kier alpha value is -2.38. The van der Waals surface area contributed by atoms with Crippen molar-refractivity contribution in [2.75, 3.05) is 13.1 Å². The first-order chi connectivity index (χ1) is 17.0. The van der Waals surface area contributed by atoms with Crippen LogP contribution in [-0.2, 0) is 16.6 Å². The van der Waals surface area contributed by atoms with Gasteiger partial charge in [-0.3, -0.25) is 0 Å². The third-order valence-corrected chi connectivity index (χ3v) is 9.04. The fourth-order valence-electron chi connectivity index (χ4n) is 5.47. The van der Waals surface area contributed by atoms with Gasteiger partial charge in [0.1, 0.15) is 0 Å². The van der Waals surface area contributed by atoms with E-state index in [1.54, 1.807) is 24.3 Å². The zero-order chi connectivity index (χ0) is 24.5.